The molecule has 0 fully saturated rings. The van der Waals surface area contributed by atoms with Crippen LogP contribution in [-0.4, -0.2) is 17.0 Å². The highest BCUT2D eigenvalue weighted by atomic mass is 16.6. The van der Waals surface area contributed by atoms with Gasteiger partial charge in [-0.05, 0) is 24.0 Å². The summed E-state index contributed by atoms with van der Waals surface area (Å²) in [5.74, 6) is -2.92. The normalized spacial score (nSPS) is 11.7. The SMILES string of the molecule is O=C(O)C(CCc1ccccc1)C(=O)NOCc1ccccc1. The molecular formula is C18H19NO4. The average molecular weight is 313 g/mol. The standard InChI is InChI=1S/C18H19NO4/c20-17(19-23-13-15-9-5-2-6-10-15)16(18(21)22)12-11-14-7-3-1-4-8-14/h1-10,16H,11-13H2,(H,19,20)(H,21,22). The lowest BCUT2D eigenvalue weighted by Crippen LogP contribution is -2.35. The summed E-state index contributed by atoms with van der Waals surface area (Å²) in [5.41, 5.74) is 4.12. The van der Waals surface area contributed by atoms with Gasteiger partial charge in [0.15, 0.2) is 0 Å². The summed E-state index contributed by atoms with van der Waals surface area (Å²) in [4.78, 5) is 28.4. The number of carboxylic acids is 1. The van der Waals surface area contributed by atoms with Gasteiger partial charge in [-0.1, -0.05) is 60.7 Å². The maximum absolute atomic E-state index is 12.0. The monoisotopic (exact) mass is 313 g/mol. The van der Waals surface area contributed by atoms with Crippen molar-refractivity contribution in [2.45, 2.75) is 19.4 Å². The van der Waals surface area contributed by atoms with Crippen molar-refractivity contribution in [3.05, 3.63) is 71.8 Å². The van der Waals surface area contributed by atoms with Crippen molar-refractivity contribution in [2.75, 3.05) is 0 Å². The summed E-state index contributed by atoms with van der Waals surface area (Å²) in [6.07, 6.45) is 0.740. The largest absolute Gasteiger partial charge is 0.481 e. The molecule has 0 aliphatic carbocycles. The van der Waals surface area contributed by atoms with Crippen LogP contribution < -0.4 is 5.48 Å². The van der Waals surface area contributed by atoms with Gasteiger partial charge in [0.1, 0.15) is 5.92 Å². The Morgan fingerprint density at radius 2 is 1.52 bits per heavy atom. The molecule has 0 aliphatic heterocycles. The fourth-order valence-corrected chi connectivity index (χ4v) is 2.16. The average Bonchev–Trinajstić information content (AvgIpc) is 2.56. The number of nitrogens with one attached hydrogen (secondary N) is 1. The first-order valence-electron chi connectivity index (χ1n) is 7.39. The number of hydrogen-bond donors (Lipinski definition) is 2. The van der Waals surface area contributed by atoms with Crippen LogP contribution in [0.1, 0.15) is 17.5 Å². The third kappa shape index (κ3) is 5.56. The minimum Gasteiger partial charge on any atom is -0.481 e. The molecular weight excluding hydrogens is 294 g/mol. The maximum Gasteiger partial charge on any atom is 0.316 e. The zero-order valence-corrected chi connectivity index (χ0v) is 12.6. The summed E-state index contributed by atoms with van der Waals surface area (Å²) >= 11 is 0. The van der Waals surface area contributed by atoms with Gasteiger partial charge in [-0.15, -0.1) is 0 Å². The third-order valence-corrected chi connectivity index (χ3v) is 3.43. The number of benzene rings is 2. The summed E-state index contributed by atoms with van der Waals surface area (Å²) in [6.45, 7) is 0.192. The molecule has 120 valence electrons. The minimum atomic E-state index is -1.15. The summed E-state index contributed by atoms with van der Waals surface area (Å²) < 4.78 is 0. The van der Waals surface area contributed by atoms with Crippen LogP contribution in [0.4, 0.5) is 0 Å². The van der Waals surface area contributed by atoms with Crippen molar-refractivity contribution in [2.24, 2.45) is 5.92 Å². The molecule has 2 aromatic rings. The minimum absolute atomic E-state index is 0.192. The van der Waals surface area contributed by atoms with Gasteiger partial charge in [0.25, 0.3) is 5.91 Å². The summed E-state index contributed by atoms with van der Waals surface area (Å²) in [7, 11) is 0. The Balaban J connectivity index is 1.82. The van der Waals surface area contributed by atoms with E-state index < -0.39 is 17.8 Å². The van der Waals surface area contributed by atoms with Crippen LogP contribution in [0.5, 0.6) is 0 Å². The predicted octanol–water partition coefficient (Wildman–Crippen LogP) is 2.57. The first-order valence-corrected chi connectivity index (χ1v) is 7.39. The molecule has 0 spiro atoms. The number of hydroxylamine groups is 1. The molecule has 2 aromatic carbocycles. The second kappa shape index (κ2) is 8.70. The Morgan fingerprint density at radius 1 is 0.957 bits per heavy atom. The van der Waals surface area contributed by atoms with Gasteiger partial charge in [-0.25, -0.2) is 5.48 Å². The van der Waals surface area contributed by atoms with E-state index in [1.807, 2.05) is 60.7 Å². The van der Waals surface area contributed by atoms with Crippen molar-refractivity contribution in [1.82, 2.24) is 5.48 Å². The van der Waals surface area contributed by atoms with Gasteiger partial charge >= 0.3 is 5.97 Å². The zero-order chi connectivity index (χ0) is 16.5. The Morgan fingerprint density at radius 3 is 2.09 bits per heavy atom. The number of carbonyl (C=O) groups excluding carboxylic acids is 1. The lowest BCUT2D eigenvalue weighted by Gasteiger charge is -2.12. The second-order valence-corrected chi connectivity index (χ2v) is 5.16. The molecule has 0 bridgehead atoms. The van der Waals surface area contributed by atoms with E-state index in [4.69, 9.17) is 4.84 Å². The van der Waals surface area contributed by atoms with E-state index in [-0.39, 0.29) is 13.0 Å². The molecule has 0 aliphatic rings. The molecule has 0 heterocycles. The van der Waals surface area contributed by atoms with E-state index in [1.165, 1.54) is 0 Å². The molecule has 1 amide bonds. The lowest BCUT2D eigenvalue weighted by molar-refractivity contribution is -0.152. The summed E-state index contributed by atoms with van der Waals surface area (Å²) in [5, 5.41) is 9.22. The predicted molar refractivity (Wildman–Crippen MR) is 85.3 cm³/mol. The number of carbonyl (C=O) groups is 2. The van der Waals surface area contributed by atoms with E-state index in [0.717, 1.165) is 11.1 Å². The topological polar surface area (TPSA) is 75.6 Å². The fraction of sp³-hybridized carbons (Fsp3) is 0.222. The molecule has 5 heteroatoms. The highest BCUT2D eigenvalue weighted by Gasteiger charge is 2.26. The molecule has 5 nitrogen and oxygen atoms in total. The van der Waals surface area contributed by atoms with Crippen LogP contribution in [0.3, 0.4) is 0 Å². The Hall–Kier alpha value is -2.66. The molecule has 2 N–H and O–H groups in total. The number of aryl methyl sites for hydroxylation is 1. The Kier molecular flexibility index (Phi) is 6.32. The van der Waals surface area contributed by atoms with E-state index in [0.29, 0.717) is 6.42 Å². The van der Waals surface area contributed by atoms with Gasteiger partial charge in [0, 0.05) is 0 Å². The van der Waals surface area contributed by atoms with Gasteiger partial charge in [-0.2, -0.15) is 0 Å². The molecule has 0 saturated carbocycles. The fourth-order valence-electron chi connectivity index (χ4n) is 2.16. The van der Waals surface area contributed by atoms with Crippen LogP contribution >= 0.6 is 0 Å². The molecule has 2 rings (SSSR count). The molecule has 1 unspecified atom stereocenters. The quantitative estimate of drug-likeness (QED) is 0.580. The van der Waals surface area contributed by atoms with E-state index in [1.54, 1.807) is 0 Å². The van der Waals surface area contributed by atoms with Crippen molar-refractivity contribution in [3.8, 4) is 0 Å². The molecule has 23 heavy (non-hydrogen) atoms. The number of aliphatic carboxylic acids is 1. The number of rotatable bonds is 8. The number of amides is 1. The molecule has 0 aromatic heterocycles. The van der Waals surface area contributed by atoms with E-state index >= 15 is 0 Å². The second-order valence-electron chi connectivity index (χ2n) is 5.16. The zero-order valence-electron chi connectivity index (χ0n) is 12.6. The van der Waals surface area contributed by atoms with Crippen molar-refractivity contribution < 1.29 is 19.5 Å². The Labute approximate surface area is 134 Å². The first-order chi connectivity index (χ1) is 11.2. The van der Waals surface area contributed by atoms with E-state index in [2.05, 4.69) is 5.48 Å². The van der Waals surface area contributed by atoms with Crippen molar-refractivity contribution in [3.63, 3.8) is 0 Å². The van der Waals surface area contributed by atoms with Gasteiger partial charge < -0.3 is 5.11 Å². The molecule has 0 radical (unpaired) electrons. The number of carboxylic acid groups (broad SMARTS) is 1. The third-order valence-electron chi connectivity index (χ3n) is 3.43. The van der Waals surface area contributed by atoms with Crippen LogP contribution in [0.25, 0.3) is 0 Å². The highest BCUT2D eigenvalue weighted by Crippen LogP contribution is 2.11. The maximum atomic E-state index is 12.0. The number of hydrogen-bond acceptors (Lipinski definition) is 3. The molecule has 1 atom stereocenters. The van der Waals surface area contributed by atoms with Crippen LogP contribution in [0.15, 0.2) is 60.7 Å². The van der Waals surface area contributed by atoms with Crippen LogP contribution in [0, 0.1) is 5.92 Å². The molecule has 0 saturated heterocycles. The van der Waals surface area contributed by atoms with Crippen LogP contribution in [-0.2, 0) is 27.5 Å². The van der Waals surface area contributed by atoms with Gasteiger partial charge in [-0.3, -0.25) is 14.4 Å². The smallest absolute Gasteiger partial charge is 0.316 e. The lowest BCUT2D eigenvalue weighted by atomic mass is 9.99. The van der Waals surface area contributed by atoms with Crippen molar-refractivity contribution in [1.29, 1.82) is 0 Å². The first kappa shape index (κ1) is 16.7. The van der Waals surface area contributed by atoms with E-state index in [9.17, 15) is 14.7 Å². The van der Waals surface area contributed by atoms with Gasteiger partial charge in [0.05, 0.1) is 6.61 Å². The van der Waals surface area contributed by atoms with Gasteiger partial charge in [0.2, 0.25) is 0 Å². The Bertz CT molecular complexity index is 628. The highest BCUT2D eigenvalue weighted by molar-refractivity contribution is 5.96. The van der Waals surface area contributed by atoms with Crippen molar-refractivity contribution >= 4 is 11.9 Å². The van der Waals surface area contributed by atoms with Crippen LogP contribution in [0.2, 0.25) is 0 Å². The summed E-state index contributed by atoms with van der Waals surface area (Å²) in [6, 6.07) is 18.8.